The number of carbonyl (C=O) groups excluding carboxylic acids is 1. The third-order valence-corrected chi connectivity index (χ3v) is 5.84. The van der Waals surface area contributed by atoms with E-state index in [0.717, 1.165) is 41.0 Å². The van der Waals surface area contributed by atoms with Crippen molar-refractivity contribution in [3.05, 3.63) is 52.8 Å². The third kappa shape index (κ3) is 5.95. The van der Waals surface area contributed by atoms with Crippen molar-refractivity contribution < 1.29 is 19.0 Å². The lowest BCUT2D eigenvalue weighted by atomic mass is 10.2. The van der Waals surface area contributed by atoms with Gasteiger partial charge in [0.15, 0.2) is 4.80 Å². The minimum Gasteiger partial charge on any atom is -0.494 e. The first-order chi connectivity index (χ1) is 15.2. The first kappa shape index (κ1) is 23.0. The van der Waals surface area contributed by atoms with E-state index in [1.807, 2.05) is 41.8 Å². The van der Waals surface area contributed by atoms with Crippen LogP contribution in [-0.4, -0.2) is 37.4 Å². The SMILES string of the molecule is CCCCCOc1ccc(C(=O)N=c2sc3cccc(OCC)c3n2CCOC)cc1. The zero-order chi connectivity index (χ0) is 22.1. The Bertz CT molecular complexity index is 1050. The van der Waals surface area contributed by atoms with Crippen LogP contribution >= 0.6 is 11.3 Å². The van der Waals surface area contributed by atoms with Crippen molar-refractivity contribution in [2.24, 2.45) is 4.99 Å². The Labute approximate surface area is 187 Å². The van der Waals surface area contributed by atoms with E-state index in [1.54, 1.807) is 19.2 Å². The number of thiazole rings is 1. The van der Waals surface area contributed by atoms with Crippen molar-refractivity contribution in [3.63, 3.8) is 0 Å². The van der Waals surface area contributed by atoms with Gasteiger partial charge in [0.05, 0.1) is 24.5 Å². The lowest BCUT2D eigenvalue weighted by Gasteiger charge is -2.09. The Morgan fingerprint density at radius 1 is 1.03 bits per heavy atom. The van der Waals surface area contributed by atoms with Gasteiger partial charge < -0.3 is 18.8 Å². The molecule has 3 rings (SSSR count). The topological polar surface area (TPSA) is 62.0 Å². The predicted octanol–water partition coefficient (Wildman–Crippen LogP) is 5.06. The standard InChI is InChI=1S/C24H30N2O4S/c1-4-6-7-16-30-19-13-11-18(12-14-19)23(27)25-24-26(15-17-28-3)22-20(29-5-2)9-8-10-21(22)31-24/h8-14H,4-7,15-17H2,1-3H3. The van der Waals surface area contributed by atoms with Crippen molar-refractivity contribution >= 4 is 27.5 Å². The van der Waals surface area contributed by atoms with Crippen LogP contribution in [0, 0.1) is 0 Å². The smallest absolute Gasteiger partial charge is 0.279 e. The molecular formula is C24H30N2O4S. The number of hydrogen-bond donors (Lipinski definition) is 0. The molecule has 0 aliphatic carbocycles. The molecule has 0 aliphatic heterocycles. The number of benzene rings is 2. The lowest BCUT2D eigenvalue weighted by molar-refractivity contribution is 0.0997. The zero-order valence-electron chi connectivity index (χ0n) is 18.4. The van der Waals surface area contributed by atoms with E-state index in [1.165, 1.54) is 11.3 Å². The second kappa shape index (κ2) is 11.7. The number of nitrogens with zero attached hydrogens (tertiary/aromatic N) is 2. The number of aromatic nitrogens is 1. The number of methoxy groups -OCH3 is 1. The van der Waals surface area contributed by atoms with Crippen LogP contribution in [0.5, 0.6) is 11.5 Å². The van der Waals surface area contributed by atoms with Gasteiger partial charge in [-0.05, 0) is 49.7 Å². The summed E-state index contributed by atoms with van der Waals surface area (Å²) in [5.74, 6) is 1.27. The molecule has 1 aromatic heterocycles. The molecule has 166 valence electrons. The minimum atomic E-state index is -0.284. The number of carbonyl (C=O) groups is 1. The highest BCUT2D eigenvalue weighted by atomic mass is 32.1. The van der Waals surface area contributed by atoms with Gasteiger partial charge in [-0.25, -0.2) is 0 Å². The largest absolute Gasteiger partial charge is 0.494 e. The molecule has 2 aromatic carbocycles. The summed E-state index contributed by atoms with van der Waals surface area (Å²) >= 11 is 1.47. The summed E-state index contributed by atoms with van der Waals surface area (Å²) in [7, 11) is 1.66. The quantitative estimate of drug-likeness (QED) is 0.390. The molecule has 0 atom stereocenters. The Kier molecular flexibility index (Phi) is 8.67. The van der Waals surface area contributed by atoms with Crippen molar-refractivity contribution in [1.82, 2.24) is 4.57 Å². The molecule has 31 heavy (non-hydrogen) atoms. The molecule has 0 unspecified atom stereocenters. The summed E-state index contributed by atoms with van der Waals surface area (Å²) in [6, 6.07) is 13.1. The van der Waals surface area contributed by atoms with Crippen LogP contribution in [0.4, 0.5) is 0 Å². The number of hydrogen-bond acceptors (Lipinski definition) is 5. The summed E-state index contributed by atoms with van der Waals surface area (Å²) < 4.78 is 19.8. The molecule has 1 amide bonds. The van der Waals surface area contributed by atoms with Crippen molar-refractivity contribution in [2.75, 3.05) is 26.9 Å². The molecular weight excluding hydrogens is 412 g/mol. The average Bonchev–Trinajstić information content (AvgIpc) is 3.13. The second-order valence-corrected chi connectivity index (χ2v) is 8.07. The van der Waals surface area contributed by atoms with Gasteiger partial charge in [0.2, 0.25) is 0 Å². The highest BCUT2D eigenvalue weighted by Gasteiger charge is 2.13. The predicted molar refractivity (Wildman–Crippen MR) is 124 cm³/mol. The summed E-state index contributed by atoms with van der Waals surface area (Å²) in [6.45, 7) is 6.47. The van der Waals surface area contributed by atoms with Gasteiger partial charge in [0.1, 0.15) is 17.0 Å². The van der Waals surface area contributed by atoms with Gasteiger partial charge in [-0.2, -0.15) is 4.99 Å². The van der Waals surface area contributed by atoms with Crippen LogP contribution < -0.4 is 14.3 Å². The number of amides is 1. The number of para-hydroxylation sites is 1. The van der Waals surface area contributed by atoms with Crippen molar-refractivity contribution in [3.8, 4) is 11.5 Å². The van der Waals surface area contributed by atoms with Gasteiger partial charge in [-0.15, -0.1) is 0 Å². The molecule has 0 fully saturated rings. The summed E-state index contributed by atoms with van der Waals surface area (Å²) in [5, 5.41) is 0. The van der Waals surface area contributed by atoms with Crippen LogP contribution in [0.1, 0.15) is 43.5 Å². The Balaban J connectivity index is 1.88. The fraction of sp³-hybridized carbons (Fsp3) is 0.417. The van der Waals surface area contributed by atoms with Crippen LogP contribution in [0.15, 0.2) is 47.5 Å². The highest BCUT2D eigenvalue weighted by molar-refractivity contribution is 7.16. The molecule has 0 N–H and O–H groups in total. The Morgan fingerprint density at radius 3 is 2.55 bits per heavy atom. The highest BCUT2D eigenvalue weighted by Crippen LogP contribution is 2.27. The first-order valence-electron chi connectivity index (χ1n) is 10.7. The molecule has 0 saturated heterocycles. The fourth-order valence-corrected chi connectivity index (χ4v) is 4.30. The molecule has 7 heteroatoms. The lowest BCUT2D eigenvalue weighted by Crippen LogP contribution is -2.19. The molecule has 0 spiro atoms. The first-order valence-corrected chi connectivity index (χ1v) is 11.6. The van der Waals surface area contributed by atoms with Gasteiger partial charge in [0.25, 0.3) is 5.91 Å². The maximum atomic E-state index is 12.9. The van der Waals surface area contributed by atoms with Crippen molar-refractivity contribution in [2.45, 2.75) is 39.7 Å². The van der Waals surface area contributed by atoms with Gasteiger partial charge in [-0.1, -0.05) is 37.2 Å². The Morgan fingerprint density at radius 2 is 1.84 bits per heavy atom. The fourth-order valence-electron chi connectivity index (χ4n) is 3.23. The minimum absolute atomic E-state index is 0.284. The van der Waals surface area contributed by atoms with E-state index in [0.29, 0.717) is 36.7 Å². The number of rotatable bonds is 11. The molecule has 0 saturated carbocycles. The average molecular weight is 443 g/mol. The zero-order valence-corrected chi connectivity index (χ0v) is 19.2. The Hall–Kier alpha value is -2.64. The number of fused-ring (bicyclic) bond motifs is 1. The van der Waals surface area contributed by atoms with Crippen LogP contribution in [-0.2, 0) is 11.3 Å². The molecule has 0 bridgehead atoms. The number of unbranched alkanes of at least 4 members (excludes halogenated alkanes) is 2. The van der Waals surface area contributed by atoms with Gasteiger partial charge >= 0.3 is 0 Å². The van der Waals surface area contributed by atoms with Crippen LogP contribution in [0.3, 0.4) is 0 Å². The summed E-state index contributed by atoms with van der Waals surface area (Å²) in [5.41, 5.74) is 1.47. The molecule has 6 nitrogen and oxygen atoms in total. The summed E-state index contributed by atoms with van der Waals surface area (Å²) in [6.07, 6.45) is 3.34. The molecule has 3 aromatic rings. The van der Waals surface area contributed by atoms with Crippen molar-refractivity contribution in [1.29, 1.82) is 0 Å². The van der Waals surface area contributed by atoms with E-state index in [9.17, 15) is 4.79 Å². The number of ether oxygens (including phenoxy) is 3. The molecule has 1 heterocycles. The maximum absolute atomic E-state index is 12.9. The van der Waals surface area contributed by atoms with E-state index < -0.39 is 0 Å². The van der Waals surface area contributed by atoms with Gasteiger partial charge in [0, 0.05) is 19.2 Å². The van der Waals surface area contributed by atoms with E-state index in [4.69, 9.17) is 14.2 Å². The monoisotopic (exact) mass is 442 g/mol. The van der Waals surface area contributed by atoms with Crippen LogP contribution in [0.2, 0.25) is 0 Å². The maximum Gasteiger partial charge on any atom is 0.279 e. The van der Waals surface area contributed by atoms with Crippen LogP contribution in [0.25, 0.3) is 10.2 Å². The normalized spacial score (nSPS) is 11.8. The molecule has 0 radical (unpaired) electrons. The van der Waals surface area contributed by atoms with Gasteiger partial charge in [-0.3, -0.25) is 4.79 Å². The summed E-state index contributed by atoms with van der Waals surface area (Å²) in [4.78, 5) is 17.9. The molecule has 0 aliphatic rings. The third-order valence-electron chi connectivity index (χ3n) is 4.80. The second-order valence-electron chi connectivity index (χ2n) is 7.06. The van der Waals surface area contributed by atoms with E-state index >= 15 is 0 Å². The van der Waals surface area contributed by atoms with E-state index in [-0.39, 0.29) is 5.91 Å². The van der Waals surface area contributed by atoms with E-state index in [2.05, 4.69) is 11.9 Å².